The molecule has 0 aliphatic rings. The Morgan fingerprint density at radius 1 is 0.946 bits per heavy atom. The molecule has 0 radical (unpaired) electrons. The highest BCUT2D eigenvalue weighted by atomic mass is 32.1. The number of rotatable bonds is 14. The summed E-state index contributed by atoms with van der Waals surface area (Å²) in [7, 11) is 0. The van der Waals surface area contributed by atoms with Crippen molar-refractivity contribution >= 4 is 18.6 Å². The van der Waals surface area contributed by atoms with E-state index >= 15 is 0 Å². The van der Waals surface area contributed by atoms with Gasteiger partial charge in [0, 0.05) is 12.3 Å². The van der Waals surface area contributed by atoms with Crippen LogP contribution in [0.15, 0.2) is 24.3 Å². The zero-order valence-corrected chi connectivity index (χ0v) is 26.6. The zero-order chi connectivity index (χ0) is 28.7. The molecule has 0 saturated heterocycles. The third-order valence-electron chi connectivity index (χ3n) is 8.92. The SMILES string of the molecule is CC(C)(C)CC(c1ccc(CS)cc1)C(C)(C)C(C)(C)CC(C)(C(=O)OCCCNCCO)C(C)(C)C. The maximum atomic E-state index is 13.7. The first-order valence-electron chi connectivity index (χ1n) is 14.0. The molecule has 0 heterocycles. The number of hydrogen-bond acceptors (Lipinski definition) is 5. The quantitative estimate of drug-likeness (QED) is 0.130. The van der Waals surface area contributed by atoms with Crippen LogP contribution in [0.5, 0.6) is 0 Å². The van der Waals surface area contributed by atoms with Crippen LogP contribution in [0.1, 0.15) is 112 Å². The number of aliphatic hydroxyl groups is 1. The molecule has 2 N–H and O–H groups in total. The summed E-state index contributed by atoms with van der Waals surface area (Å²) >= 11 is 4.45. The fourth-order valence-corrected chi connectivity index (χ4v) is 5.42. The molecule has 1 rings (SSSR count). The number of ether oxygens (including phenoxy) is 1. The minimum absolute atomic E-state index is 0.0935. The number of esters is 1. The largest absolute Gasteiger partial charge is 0.465 e. The van der Waals surface area contributed by atoms with Gasteiger partial charge in [-0.25, -0.2) is 0 Å². The highest BCUT2D eigenvalue weighted by Crippen LogP contribution is 2.59. The molecular formula is C32H57NO3S. The van der Waals surface area contributed by atoms with Crippen LogP contribution in [0.25, 0.3) is 0 Å². The highest BCUT2D eigenvalue weighted by molar-refractivity contribution is 7.79. The molecule has 4 nitrogen and oxygen atoms in total. The van der Waals surface area contributed by atoms with Crippen molar-refractivity contribution in [1.82, 2.24) is 5.32 Å². The summed E-state index contributed by atoms with van der Waals surface area (Å²) in [6.45, 7) is 26.7. The van der Waals surface area contributed by atoms with Gasteiger partial charge in [-0.05, 0) is 71.4 Å². The molecule has 37 heavy (non-hydrogen) atoms. The molecule has 214 valence electrons. The number of carbonyl (C=O) groups is 1. The van der Waals surface area contributed by atoms with Gasteiger partial charge < -0.3 is 15.2 Å². The van der Waals surface area contributed by atoms with E-state index in [1.54, 1.807) is 0 Å². The summed E-state index contributed by atoms with van der Waals surface area (Å²) in [5.74, 6) is 0.952. The Balaban J connectivity index is 3.30. The molecule has 0 aliphatic carbocycles. The van der Waals surface area contributed by atoms with E-state index in [0.717, 1.165) is 31.6 Å². The lowest BCUT2D eigenvalue weighted by Crippen LogP contribution is -2.49. The van der Waals surface area contributed by atoms with Gasteiger partial charge in [0.1, 0.15) is 0 Å². The monoisotopic (exact) mass is 535 g/mol. The van der Waals surface area contributed by atoms with Crippen LogP contribution in [0.4, 0.5) is 0 Å². The van der Waals surface area contributed by atoms with Gasteiger partial charge in [0.15, 0.2) is 0 Å². The summed E-state index contributed by atoms with van der Waals surface area (Å²) in [5.41, 5.74) is 1.59. The summed E-state index contributed by atoms with van der Waals surface area (Å²) in [5, 5.41) is 12.1. The van der Waals surface area contributed by atoms with Gasteiger partial charge in [-0.15, -0.1) is 0 Å². The number of nitrogens with one attached hydrogen (secondary N) is 1. The predicted molar refractivity (Wildman–Crippen MR) is 161 cm³/mol. The minimum atomic E-state index is -0.644. The van der Waals surface area contributed by atoms with Crippen LogP contribution in [0.3, 0.4) is 0 Å². The van der Waals surface area contributed by atoms with Crippen LogP contribution in [-0.4, -0.2) is 37.4 Å². The molecule has 5 heteroatoms. The van der Waals surface area contributed by atoms with E-state index in [-0.39, 0.29) is 34.2 Å². The van der Waals surface area contributed by atoms with E-state index in [0.29, 0.717) is 19.1 Å². The Hall–Kier alpha value is -1.04. The Morgan fingerprint density at radius 2 is 1.51 bits per heavy atom. The first-order valence-corrected chi connectivity index (χ1v) is 14.6. The van der Waals surface area contributed by atoms with E-state index in [1.807, 2.05) is 0 Å². The van der Waals surface area contributed by atoms with Gasteiger partial charge in [0.2, 0.25) is 0 Å². The fraction of sp³-hybridized carbons (Fsp3) is 0.781. The fourth-order valence-electron chi connectivity index (χ4n) is 5.21. The second kappa shape index (κ2) is 13.3. The van der Waals surface area contributed by atoms with Crippen molar-refractivity contribution in [3.63, 3.8) is 0 Å². The Bertz CT molecular complexity index is 833. The van der Waals surface area contributed by atoms with E-state index in [2.05, 4.69) is 118 Å². The molecular weight excluding hydrogens is 478 g/mol. The van der Waals surface area contributed by atoms with E-state index in [9.17, 15) is 4.79 Å². The van der Waals surface area contributed by atoms with E-state index < -0.39 is 5.41 Å². The number of aliphatic hydroxyl groups excluding tert-OH is 1. The lowest BCUT2D eigenvalue weighted by atomic mass is 9.50. The van der Waals surface area contributed by atoms with E-state index in [1.165, 1.54) is 11.1 Å². The molecule has 0 saturated carbocycles. The lowest BCUT2D eigenvalue weighted by molar-refractivity contribution is -0.167. The number of hydrogen-bond donors (Lipinski definition) is 3. The Labute approximate surface area is 234 Å². The molecule has 1 aromatic carbocycles. The van der Waals surface area contributed by atoms with Crippen LogP contribution >= 0.6 is 12.6 Å². The van der Waals surface area contributed by atoms with Crippen molar-refractivity contribution in [2.45, 2.75) is 107 Å². The first kappa shape index (κ1) is 34.0. The van der Waals surface area contributed by atoms with Crippen molar-refractivity contribution in [2.75, 3.05) is 26.3 Å². The standard InChI is InChI=1S/C32H57NO3S/c1-28(2,3)21-26(25-15-13-24(22-37)14-16-25)31(9,10)30(7,8)23-32(11,29(4,5)6)27(35)36-20-12-17-33-18-19-34/h13-16,26,33-34,37H,12,17-23H2,1-11H3. The predicted octanol–water partition coefficient (Wildman–Crippen LogP) is 7.65. The zero-order valence-electron chi connectivity index (χ0n) is 25.8. The van der Waals surface area contributed by atoms with Gasteiger partial charge >= 0.3 is 5.97 Å². The van der Waals surface area contributed by atoms with Crippen molar-refractivity contribution in [3.8, 4) is 0 Å². The van der Waals surface area contributed by atoms with Crippen LogP contribution in [0.2, 0.25) is 0 Å². The minimum Gasteiger partial charge on any atom is -0.465 e. The topological polar surface area (TPSA) is 58.6 Å². The van der Waals surface area contributed by atoms with Crippen LogP contribution < -0.4 is 5.32 Å². The molecule has 0 aliphatic heterocycles. The summed E-state index contributed by atoms with van der Waals surface area (Å²) in [4.78, 5) is 13.7. The maximum absolute atomic E-state index is 13.7. The second-order valence-corrected chi connectivity index (χ2v) is 14.9. The molecule has 0 fully saturated rings. The first-order chi connectivity index (χ1) is 16.8. The van der Waals surface area contributed by atoms with Gasteiger partial charge in [-0.3, -0.25) is 4.79 Å². The average Bonchev–Trinajstić information content (AvgIpc) is 2.77. The third-order valence-corrected chi connectivity index (χ3v) is 9.28. The molecule has 1 aromatic rings. The maximum Gasteiger partial charge on any atom is 0.312 e. The molecule has 0 aromatic heterocycles. The highest BCUT2D eigenvalue weighted by Gasteiger charge is 2.54. The summed E-state index contributed by atoms with van der Waals surface area (Å²) in [6.07, 6.45) is 2.52. The molecule has 0 amide bonds. The molecule has 2 atom stereocenters. The van der Waals surface area contributed by atoms with Gasteiger partial charge in [0.25, 0.3) is 0 Å². The van der Waals surface area contributed by atoms with Crippen molar-refractivity contribution in [1.29, 1.82) is 0 Å². The number of benzene rings is 1. The second-order valence-electron chi connectivity index (χ2n) is 14.5. The average molecular weight is 536 g/mol. The van der Waals surface area contributed by atoms with Crippen molar-refractivity contribution < 1.29 is 14.6 Å². The van der Waals surface area contributed by atoms with Gasteiger partial charge in [-0.2, -0.15) is 12.6 Å². The third kappa shape index (κ3) is 9.28. The number of thiol groups is 1. The smallest absolute Gasteiger partial charge is 0.312 e. The van der Waals surface area contributed by atoms with Gasteiger partial charge in [-0.1, -0.05) is 93.5 Å². The normalized spacial score (nSPS) is 15.8. The van der Waals surface area contributed by atoms with Gasteiger partial charge in [0.05, 0.1) is 18.6 Å². The molecule has 2 unspecified atom stereocenters. The van der Waals surface area contributed by atoms with Crippen molar-refractivity contribution in [2.24, 2.45) is 27.1 Å². The van der Waals surface area contributed by atoms with Crippen LogP contribution in [0, 0.1) is 27.1 Å². The molecule has 0 spiro atoms. The lowest BCUT2D eigenvalue weighted by Gasteiger charge is -2.53. The Kier molecular flexibility index (Phi) is 12.3. The van der Waals surface area contributed by atoms with E-state index in [4.69, 9.17) is 9.84 Å². The number of carbonyl (C=O) groups excluding carboxylic acids is 1. The Morgan fingerprint density at radius 3 is 1.97 bits per heavy atom. The van der Waals surface area contributed by atoms with Crippen molar-refractivity contribution in [3.05, 3.63) is 35.4 Å². The summed E-state index contributed by atoms with van der Waals surface area (Å²) < 4.78 is 5.88. The summed E-state index contributed by atoms with van der Waals surface area (Å²) in [6, 6.07) is 8.96. The molecule has 0 bridgehead atoms. The van der Waals surface area contributed by atoms with Crippen LogP contribution in [-0.2, 0) is 15.3 Å².